The molecule has 0 radical (unpaired) electrons. The lowest BCUT2D eigenvalue weighted by Crippen LogP contribution is -2.42. The van der Waals surface area contributed by atoms with E-state index in [-0.39, 0.29) is 18.1 Å². The van der Waals surface area contributed by atoms with Crippen LogP contribution in [0, 0.1) is 0 Å². The molecule has 0 fully saturated rings. The zero-order valence-electron chi connectivity index (χ0n) is 9.39. The number of hydrogen-bond donors (Lipinski definition) is 3. The van der Waals surface area contributed by atoms with Crippen LogP contribution in [0.2, 0.25) is 0 Å². The molecule has 0 rings (SSSR count). The van der Waals surface area contributed by atoms with Crippen LogP contribution in [-0.4, -0.2) is 36.2 Å². The minimum atomic E-state index is -0.0960. The summed E-state index contributed by atoms with van der Waals surface area (Å²) in [6.45, 7) is 7.43. The Hall–Kier alpha value is -0.610. The molecule has 0 aromatic carbocycles. The summed E-state index contributed by atoms with van der Waals surface area (Å²) in [5.74, 6) is 0.0693. The van der Waals surface area contributed by atoms with Crippen molar-refractivity contribution in [2.24, 2.45) is 0 Å². The average Bonchev–Trinajstić information content (AvgIpc) is 2.03. The smallest absolute Gasteiger partial charge is 0.221 e. The van der Waals surface area contributed by atoms with E-state index in [1.807, 2.05) is 20.8 Å². The van der Waals surface area contributed by atoms with Crippen molar-refractivity contribution in [3.63, 3.8) is 0 Å². The van der Waals surface area contributed by atoms with Gasteiger partial charge in [-0.25, -0.2) is 0 Å². The number of carbonyl (C=O) groups is 1. The highest BCUT2D eigenvalue weighted by Crippen LogP contribution is 2.06. The van der Waals surface area contributed by atoms with Gasteiger partial charge in [-0.1, -0.05) is 0 Å². The summed E-state index contributed by atoms with van der Waals surface area (Å²) in [7, 11) is 0. The van der Waals surface area contributed by atoms with Gasteiger partial charge in [-0.15, -0.1) is 0 Å². The summed E-state index contributed by atoms with van der Waals surface area (Å²) in [6, 6.07) is 0. The first kappa shape index (κ1) is 13.4. The summed E-state index contributed by atoms with van der Waals surface area (Å²) in [5.41, 5.74) is -0.0960. The van der Waals surface area contributed by atoms with Crippen LogP contribution >= 0.6 is 0 Å². The van der Waals surface area contributed by atoms with Gasteiger partial charge in [0, 0.05) is 31.7 Å². The van der Waals surface area contributed by atoms with E-state index in [0.717, 1.165) is 0 Å². The fourth-order valence-corrected chi connectivity index (χ4v) is 1.17. The van der Waals surface area contributed by atoms with Gasteiger partial charge < -0.3 is 15.7 Å². The summed E-state index contributed by atoms with van der Waals surface area (Å²) in [5, 5.41) is 14.7. The topological polar surface area (TPSA) is 61.4 Å². The summed E-state index contributed by atoms with van der Waals surface area (Å²) < 4.78 is 0. The molecule has 0 saturated heterocycles. The maximum atomic E-state index is 11.1. The largest absolute Gasteiger partial charge is 0.396 e. The number of aliphatic hydroxyl groups is 1. The molecule has 0 saturated carbocycles. The lowest BCUT2D eigenvalue weighted by atomic mass is 10.0. The third kappa shape index (κ3) is 6.86. The van der Waals surface area contributed by atoms with E-state index in [0.29, 0.717) is 25.9 Å². The van der Waals surface area contributed by atoms with Gasteiger partial charge >= 0.3 is 0 Å². The Morgan fingerprint density at radius 2 is 2.07 bits per heavy atom. The van der Waals surface area contributed by atoms with Gasteiger partial charge in [-0.3, -0.25) is 4.79 Å². The van der Waals surface area contributed by atoms with Gasteiger partial charge in [-0.2, -0.15) is 0 Å². The highest BCUT2D eigenvalue weighted by molar-refractivity contribution is 5.75. The van der Waals surface area contributed by atoms with Crippen LogP contribution in [0.15, 0.2) is 0 Å². The van der Waals surface area contributed by atoms with Gasteiger partial charge in [0.15, 0.2) is 0 Å². The van der Waals surface area contributed by atoms with E-state index in [1.165, 1.54) is 0 Å². The molecule has 0 atom stereocenters. The Labute approximate surface area is 86.1 Å². The third-order valence-corrected chi connectivity index (χ3v) is 2.07. The molecule has 0 unspecified atom stereocenters. The zero-order chi connectivity index (χ0) is 11.0. The van der Waals surface area contributed by atoms with E-state index >= 15 is 0 Å². The predicted molar refractivity (Wildman–Crippen MR) is 57.1 cm³/mol. The van der Waals surface area contributed by atoms with E-state index in [1.54, 1.807) is 0 Å². The monoisotopic (exact) mass is 202 g/mol. The van der Waals surface area contributed by atoms with Gasteiger partial charge in [0.2, 0.25) is 5.91 Å². The van der Waals surface area contributed by atoms with Crippen molar-refractivity contribution < 1.29 is 9.90 Å². The van der Waals surface area contributed by atoms with Gasteiger partial charge in [0.05, 0.1) is 0 Å². The molecule has 0 aromatic heterocycles. The zero-order valence-corrected chi connectivity index (χ0v) is 9.39. The van der Waals surface area contributed by atoms with Crippen molar-refractivity contribution in [1.82, 2.24) is 10.6 Å². The van der Waals surface area contributed by atoms with Crippen molar-refractivity contribution in [3.8, 4) is 0 Å². The van der Waals surface area contributed by atoms with Crippen molar-refractivity contribution in [1.29, 1.82) is 0 Å². The third-order valence-electron chi connectivity index (χ3n) is 2.07. The average molecular weight is 202 g/mol. The molecule has 0 aromatic rings. The molecule has 0 aliphatic carbocycles. The number of aliphatic hydroxyl groups excluding tert-OH is 1. The van der Waals surface area contributed by atoms with E-state index in [2.05, 4.69) is 10.6 Å². The standard InChI is InChI=1S/C10H22N2O2/c1-4-11-9(14)5-7-12-10(2,3)6-8-13/h12-13H,4-8H2,1-3H3,(H,11,14). The SMILES string of the molecule is CCNC(=O)CCNC(C)(C)CCO. The van der Waals surface area contributed by atoms with Crippen molar-refractivity contribution in [3.05, 3.63) is 0 Å². The van der Waals surface area contributed by atoms with Crippen LogP contribution in [0.1, 0.15) is 33.6 Å². The Bertz CT molecular complexity index is 170. The van der Waals surface area contributed by atoms with Crippen molar-refractivity contribution in [2.45, 2.75) is 39.2 Å². The number of nitrogens with one attached hydrogen (secondary N) is 2. The highest BCUT2D eigenvalue weighted by atomic mass is 16.3. The molecule has 4 nitrogen and oxygen atoms in total. The van der Waals surface area contributed by atoms with Crippen LogP contribution in [0.3, 0.4) is 0 Å². The fourth-order valence-electron chi connectivity index (χ4n) is 1.17. The molecule has 3 N–H and O–H groups in total. The molecule has 84 valence electrons. The molecule has 14 heavy (non-hydrogen) atoms. The van der Waals surface area contributed by atoms with Crippen LogP contribution in [0.4, 0.5) is 0 Å². The van der Waals surface area contributed by atoms with Crippen LogP contribution < -0.4 is 10.6 Å². The van der Waals surface area contributed by atoms with E-state index in [9.17, 15) is 4.79 Å². The predicted octanol–water partition coefficient (Wildman–Crippen LogP) is 0.263. The van der Waals surface area contributed by atoms with E-state index < -0.39 is 0 Å². The minimum absolute atomic E-state index is 0.0693. The van der Waals surface area contributed by atoms with Gasteiger partial charge in [-0.05, 0) is 27.2 Å². The van der Waals surface area contributed by atoms with Crippen molar-refractivity contribution >= 4 is 5.91 Å². The maximum Gasteiger partial charge on any atom is 0.221 e. The molecule has 0 aliphatic heterocycles. The number of rotatable bonds is 7. The van der Waals surface area contributed by atoms with Crippen molar-refractivity contribution in [2.75, 3.05) is 19.7 Å². The van der Waals surface area contributed by atoms with Gasteiger partial charge in [0.1, 0.15) is 0 Å². The van der Waals surface area contributed by atoms with Crippen LogP contribution in [-0.2, 0) is 4.79 Å². The second kappa shape index (κ2) is 6.79. The molecule has 0 aliphatic rings. The van der Waals surface area contributed by atoms with Crippen LogP contribution in [0.5, 0.6) is 0 Å². The Morgan fingerprint density at radius 1 is 1.43 bits per heavy atom. The number of amides is 1. The molecule has 0 heterocycles. The Kier molecular flexibility index (Phi) is 6.49. The van der Waals surface area contributed by atoms with E-state index in [4.69, 9.17) is 5.11 Å². The van der Waals surface area contributed by atoms with Gasteiger partial charge in [0.25, 0.3) is 0 Å². The normalized spacial score (nSPS) is 11.4. The molecular formula is C10H22N2O2. The first-order valence-corrected chi connectivity index (χ1v) is 5.14. The van der Waals surface area contributed by atoms with Crippen LogP contribution in [0.25, 0.3) is 0 Å². The maximum absolute atomic E-state index is 11.1. The first-order chi connectivity index (χ1) is 6.52. The summed E-state index contributed by atoms with van der Waals surface area (Å²) in [6.07, 6.45) is 1.19. The Balaban J connectivity index is 3.57. The molecule has 0 spiro atoms. The fraction of sp³-hybridized carbons (Fsp3) is 0.900. The lowest BCUT2D eigenvalue weighted by molar-refractivity contribution is -0.120. The highest BCUT2D eigenvalue weighted by Gasteiger charge is 2.15. The number of hydrogen-bond acceptors (Lipinski definition) is 3. The Morgan fingerprint density at radius 3 is 2.57 bits per heavy atom. The molecular weight excluding hydrogens is 180 g/mol. The second-order valence-electron chi connectivity index (χ2n) is 3.99. The first-order valence-electron chi connectivity index (χ1n) is 5.14. The molecule has 0 bridgehead atoms. The minimum Gasteiger partial charge on any atom is -0.396 e. The molecule has 1 amide bonds. The summed E-state index contributed by atoms with van der Waals surface area (Å²) in [4.78, 5) is 11.1. The number of carbonyl (C=O) groups excluding carboxylic acids is 1. The summed E-state index contributed by atoms with van der Waals surface area (Å²) >= 11 is 0. The lowest BCUT2D eigenvalue weighted by Gasteiger charge is -2.25. The molecule has 4 heteroatoms. The second-order valence-corrected chi connectivity index (χ2v) is 3.99. The quantitative estimate of drug-likeness (QED) is 0.555.